The van der Waals surface area contributed by atoms with Crippen molar-refractivity contribution in [3.63, 3.8) is 0 Å². The first-order chi connectivity index (χ1) is 12.4. The topological polar surface area (TPSA) is 56.8 Å². The Labute approximate surface area is 156 Å². The Balaban J connectivity index is 1.75. The number of hydrogen-bond donors (Lipinski definition) is 0. The van der Waals surface area contributed by atoms with E-state index in [2.05, 4.69) is 17.0 Å². The Morgan fingerprint density at radius 3 is 2.42 bits per heavy atom. The van der Waals surface area contributed by atoms with Gasteiger partial charge in [-0.1, -0.05) is 13.8 Å². The molecule has 2 saturated heterocycles. The van der Waals surface area contributed by atoms with Gasteiger partial charge in [-0.05, 0) is 31.9 Å². The average molecular weight is 358 g/mol. The van der Waals surface area contributed by atoms with Crippen molar-refractivity contribution < 1.29 is 9.59 Å². The van der Waals surface area contributed by atoms with E-state index in [9.17, 15) is 9.59 Å². The molecule has 26 heavy (non-hydrogen) atoms. The minimum atomic E-state index is 0.0521. The molecule has 0 bridgehead atoms. The SMILES string of the molecule is CC(=O)N1CCC[C@@H]1c1cc(N2CCN(C(=O)C(C)C)CC2)cc(C)n1. The van der Waals surface area contributed by atoms with Gasteiger partial charge in [0.25, 0.3) is 0 Å². The van der Waals surface area contributed by atoms with Crippen molar-refractivity contribution in [2.24, 2.45) is 5.92 Å². The summed E-state index contributed by atoms with van der Waals surface area (Å²) in [7, 11) is 0. The van der Waals surface area contributed by atoms with Gasteiger partial charge in [-0.15, -0.1) is 0 Å². The molecule has 2 aliphatic heterocycles. The summed E-state index contributed by atoms with van der Waals surface area (Å²) >= 11 is 0. The fraction of sp³-hybridized carbons (Fsp3) is 0.650. The number of anilines is 1. The summed E-state index contributed by atoms with van der Waals surface area (Å²) in [6.07, 6.45) is 2.01. The molecule has 142 valence electrons. The van der Waals surface area contributed by atoms with Gasteiger partial charge in [0.05, 0.1) is 11.7 Å². The number of rotatable bonds is 3. The van der Waals surface area contributed by atoms with E-state index in [1.165, 1.54) is 0 Å². The van der Waals surface area contributed by atoms with E-state index >= 15 is 0 Å². The van der Waals surface area contributed by atoms with Crippen molar-refractivity contribution >= 4 is 17.5 Å². The third-order valence-corrected chi connectivity index (χ3v) is 5.41. The molecule has 6 nitrogen and oxygen atoms in total. The van der Waals surface area contributed by atoms with E-state index in [-0.39, 0.29) is 23.8 Å². The fourth-order valence-electron chi connectivity index (χ4n) is 4.03. The zero-order valence-electron chi connectivity index (χ0n) is 16.4. The van der Waals surface area contributed by atoms with Gasteiger partial charge < -0.3 is 14.7 Å². The number of hydrogen-bond acceptors (Lipinski definition) is 4. The zero-order valence-corrected chi connectivity index (χ0v) is 16.4. The first-order valence-corrected chi connectivity index (χ1v) is 9.66. The number of nitrogens with zero attached hydrogens (tertiary/aromatic N) is 4. The minimum absolute atomic E-state index is 0.0521. The molecule has 0 aromatic carbocycles. The van der Waals surface area contributed by atoms with Gasteiger partial charge in [-0.2, -0.15) is 0 Å². The molecule has 2 aliphatic rings. The summed E-state index contributed by atoms with van der Waals surface area (Å²) in [5, 5.41) is 0. The van der Waals surface area contributed by atoms with Gasteiger partial charge in [-0.3, -0.25) is 14.6 Å². The molecule has 0 N–H and O–H groups in total. The number of carbonyl (C=O) groups is 2. The maximum absolute atomic E-state index is 12.2. The highest BCUT2D eigenvalue weighted by atomic mass is 16.2. The average Bonchev–Trinajstić information content (AvgIpc) is 3.11. The Bertz CT molecular complexity index is 680. The molecule has 2 amide bonds. The van der Waals surface area contributed by atoms with Crippen LogP contribution in [0, 0.1) is 12.8 Å². The van der Waals surface area contributed by atoms with Crippen LogP contribution in [0.25, 0.3) is 0 Å². The van der Waals surface area contributed by atoms with E-state index in [0.717, 1.165) is 62.6 Å². The molecule has 3 heterocycles. The Hall–Kier alpha value is -2.11. The molecule has 0 radical (unpaired) electrons. The van der Waals surface area contributed by atoms with Crippen LogP contribution in [0.3, 0.4) is 0 Å². The summed E-state index contributed by atoms with van der Waals surface area (Å²) in [6.45, 7) is 11.6. The molecule has 1 aromatic heterocycles. The van der Waals surface area contributed by atoms with Crippen LogP contribution < -0.4 is 4.90 Å². The molecule has 0 spiro atoms. The van der Waals surface area contributed by atoms with E-state index in [4.69, 9.17) is 4.98 Å². The summed E-state index contributed by atoms with van der Waals surface area (Å²) in [5.41, 5.74) is 3.13. The summed E-state index contributed by atoms with van der Waals surface area (Å²) in [4.78, 5) is 35.0. The largest absolute Gasteiger partial charge is 0.368 e. The third-order valence-electron chi connectivity index (χ3n) is 5.41. The number of piperazine rings is 1. The fourth-order valence-corrected chi connectivity index (χ4v) is 4.03. The Morgan fingerprint density at radius 2 is 1.81 bits per heavy atom. The molecule has 0 saturated carbocycles. The molecule has 1 atom stereocenters. The number of aryl methyl sites for hydroxylation is 1. The number of aromatic nitrogens is 1. The van der Waals surface area contributed by atoms with Crippen molar-refractivity contribution in [3.05, 3.63) is 23.5 Å². The van der Waals surface area contributed by atoms with E-state index in [0.29, 0.717) is 0 Å². The van der Waals surface area contributed by atoms with Gasteiger partial charge in [0.2, 0.25) is 11.8 Å². The molecule has 3 rings (SSSR count). The molecule has 0 unspecified atom stereocenters. The van der Waals surface area contributed by atoms with Gasteiger partial charge in [0.15, 0.2) is 0 Å². The second-order valence-corrected chi connectivity index (χ2v) is 7.73. The number of carbonyl (C=O) groups excluding carboxylic acids is 2. The Kier molecular flexibility index (Phi) is 5.49. The van der Waals surface area contributed by atoms with Crippen LogP contribution in [-0.4, -0.2) is 59.3 Å². The number of amides is 2. The van der Waals surface area contributed by atoms with E-state index < -0.39 is 0 Å². The highest BCUT2D eigenvalue weighted by Crippen LogP contribution is 2.33. The number of likely N-dealkylation sites (tertiary alicyclic amines) is 1. The van der Waals surface area contributed by atoms with Gasteiger partial charge >= 0.3 is 0 Å². The van der Waals surface area contributed by atoms with Crippen molar-refractivity contribution in [3.8, 4) is 0 Å². The molecular formula is C20H30N4O2. The first kappa shape index (κ1) is 18.7. The monoisotopic (exact) mass is 358 g/mol. The Morgan fingerprint density at radius 1 is 1.12 bits per heavy atom. The predicted octanol–water partition coefficient (Wildman–Crippen LogP) is 2.38. The maximum atomic E-state index is 12.2. The van der Waals surface area contributed by atoms with Crippen molar-refractivity contribution in [2.45, 2.75) is 46.6 Å². The molecule has 1 aromatic rings. The van der Waals surface area contributed by atoms with Crippen LogP contribution in [0.15, 0.2) is 12.1 Å². The summed E-state index contributed by atoms with van der Waals surface area (Å²) < 4.78 is 0. The van der Waals surface area contributed by atoms with Crippen LogP contribution in [-0.2, 0) is 9.59 Å². The van der Waals surface area contributed by atoms with Crippen LogP contribution in [0.4, 0.5) is 5.69 Å². The van der Waals surface area contributed by atoms with Crippen LogP contribution in [0.1, 0.15) is 51.0 Å². The first-order valence-electron chi connectivity index (χ1n) is 9.66. The van der Waals surface area contributed by atoms with Crippen molar-refractivity contribution in [2.75, 3.05) is 37.6 Å². The molecule has 2 fully saturated rings. The van der Waals surface area contributed by atoms with Crippen molar-refractivity contribution in [1.29, 1.82) is 0 Å². The van der Waals surface area contributed by atoms with E-state index in [1.54, 1.807) is 6.92 Å². The zero-order chi connectivity index (χ0) is 18.8. The standard InChI is InChI=1S/C20H30N4O2/c1-14(2)20(26)23-10-8-22(9-11-23)17-12-15(3)21-18(13-17)19-6-5-7-24(19)16(4)25/h12-14,19H,5-11H2,1-4H3/t19-/m1/s1. The highest BCUT2D eigenvalue weighted by Gasteiger charge is 2.30. The number of pyridine rings is 1. The quantitative estimate of drug-likeness (QED) is 0.832. The van der Waals surface area contributed by atoms with Crippen LogP contribution >= 0.6 is 0 Å². The molecule has 0 aliphatic carbocycles. The lowest BCUT2D eigenvalue weighted by atomic mass is 10.1. The maximum Gasteiger partial charge on any atom is 0.225 e. The predicted molar refractivity (Wildman–Crippen MR) is 102 cm³/mol. The van der Waals surface area contributed by atoms with Crippen molar-refractivity contribution in [1.82, 2.24) is 14.8 Å². The normalized spacial score (nSPS) is 20.8. The lowest BCUT2D eigenvalue weighted by Crippen LogP contribution is -2.50. The van der Waals surface area contributed by atoms with Gasteiger partial charge in [-0.25, -0.2) is 0 Å². The lowest BCUT2D eigenvalue weighted by molar-refractivity contribution is -0.134. The second kappa shape index (κ2) is 7.64. The summed E-state index contributed by atoms with van der Waals surface area (Å²) in [6, 6.07) is 4.34. The third kappa shape index (κ3) is 3.84. The lowest BCUT2D eigenvalue weighted by Gasteiger charge is -2.37. The van der Waals surface area contributed by atoms with Gasteiger partial charge in [0.1, 0.15) is 0 Å². The smallest absolute Gasteiger partial charge is 0.225 e. The van der Waals surface area contributed by atoms with E-state index in [1.807, 2.05) is 30.6 Å². The minimum Gasteiger partial charge on any atom is -0.368 e. The van der Waals surface area contributed by atoms with Gasteiger partial charge in [0, 0.05) is 56.9 Å². The van der Waals surface area contributed by atoms with Crippen LogP contribution in [0.5, 0.6) is 0 Å². The second-order valence-electron chi connectivity index (χ2n) is 7.73. The highest BCUT2D eigenvalue weighted by molar-refractivity contribution is 5.78. The molecular weight excluding hydrogens is 328 g/mol. The molecule has 6 heteroatoms. The van der Waals surface area contributed by atoms with Crippen LogP contribution in [0.2, 0.25) is 0 Å². The summed E-state index contributed by atoms with van der Waals surface area (Å²) in [5.74, 6) is 0.411.